The topological polar surface area (TPSA) is 100 Å². The number of hydrogen-bond donors (Lipinski definition) is 2. The zero-order valence-corrected chi connectivity index (χ0v) is 16.5. The lowest BCUT2D eigenvalue weighted by Gasteiger charge is -2.21. The first-order valence-electron chi connectivity index (χ1n) is 9.20. The maximum atomic E-state index is 12.9. The van der Waals surface area contributed by atoms with E-state index in [2.05, 4.69) is 10.4 Å². The van der Waals surface area contributed by atoms with Crippen LogP contribution in [-0.4, -0.2) is 42.0 Å². The lowest BCUT2D eigenvalue weighted by molar-refractivity contribution is -0.131. The first kappa shape index (κ1) is 20.2. The molecule has 1 heterocycles. The number of hydrazone groups is 1. The van der Waals surface area contributed by atoms with Gasteiger partial charge in [-0.1, -0.05) is 19.1 Å². The van der Waals surface area contributed by atoms with Gasteiger partial charge in [0.2, 0.25) is 0 Å². The minimum atomic E-state index is -1.25. The summed E-state index contributed by atoms with van der Waals surface area (Å²) in [5, 5.41) is 17.5. The molecule has 0 unspecified atom stereocenters. The molecule has 2 aromatic carbocycles. The summed E-state index contributed by atoms with van der Waals surface area (Å²) >= 11 is 0. The van der Waals surface area contributed by atoms with Gasteiger partial charge in [0.25, 0.3) is 5.91 Å². The zero-order chi connectivity index (χ0) is 21.0. The van der Waals surface area contributed by atoms with Crippen LogP contribution in [-0.2, 0) is 10.3 Å². The quantitative estimate of drug-likeness (QED) is 0.553. The normalized spacial score (nSPS) is 18.9. The molecule has 1 saturated heterocycles. The molecule has 0 aromatic heterocycles. The molecule has 1 aliphatic rings. The fourth-order valence-electron chi connectivity index (χ4n) is 2.91. The van der Waals surface area contributed by atoms with Crippen LogP contribution in [0.3, 0.4) is 0 Å². The maximum absolute atomic E-state index is 12.9. The van der Waals surface area contributed by atoms with Crippen molar-refractivity contribution in [1.29, 1.82) is 0 Å². The Kier molecular flexibility index (Phi) is 5.72. The van der Waals surface area contributed by atoms with Crippen LogP contribution in [0.5, 0.6) is 17.2 Å². The molecule has 0 saturated carbocycles. The number of nitrogens with zero attached hydrogens (tertiary/aromatic N) is 2. The number of benzene rings is 2. The number of phenolic OH excluding ortho intramolecular Hbond substituents is 1. The number of methoxy groups -OCH3 is 1. The number of carbonyl (C=O) groups is 2. The van der Waals surface area contributed by atoms with E-state index in [4.69, 9.17) is 9.47 Å². The van der Waals surface area contributed by atoms with Crippen molar-refractivity contribution in [1.82, 2.24) is 10.3 Å². The van der Waals surface area contributed by atoms with Crippen molar-refractivity contribution in [2.75, 3.05) is 13.7 Å². The molecule has 3 rings (SSSR count). The van der Waals surface area contributed by atoms with E-state index in [-0.39, 0.29) is 5.75 Å². The van der Waals surface area contributed by atoms with Crippen molar-refractivity contribution in [3.05, 3.63) is 53.6 Å². The van der Waals surface area contributed by atoms with Crippen LogP contribution in [0.4, 0.5) is 4.79 Å². The number of hydrogen-bond acceptors (Lipinski definition) is 6. The van der Waals surface area contributed by atoms with E-state index in [1.54, 1.807) is 50.4 Å². The Bertz CT molecular complexity index is 942. The predicted octanol–water partition coefficient (Wildman–Crippen LogP) is 2.99. The summed E-state index contributed by atoms with van der Waals surface area (Å²) in [6.45, 7) is 4.14. The van der Waals surface area contributed by atoms with Crippen LogP contribution in [0.1, 0.15) is 31.4 Å². The number of imide groups is 1. The molecule has 0 spiro atoms. The fraction of sp³-hybridized carbons (Fsp3) is 0.286. The van der Waals surface area contributed by atoms with E-state index in [9.17, 15) is 14.7 Å². The molecule has 1 atom stereocenters. The molecule has 2 N–H and O–H groups in total. The van der Waals surface area contributed by atoms with Crippen LogP contribution in [0.15, 0.2) is 47.6 Å². The lowest BCUT2D eigenvalue weighted by Crippen LogP contribution is -2.40. The minimum Gasteiger partial charge on any atom is -0.507 e. The van der Waals surface area contributed by atoms with Gasteiger partial charge in [-0.25, -0.2) is 4.79 Å². The molecule has 1 aliphatic heterocycles. The predicted molar refractivity (Wildman–Crippen MR) is 107 cm³/mol. The molecule has 8 heteroatoms. The van der Waals surface area contributed by atoms with Gasteiger partial charge in [-0.2, -0.15) is 5.10 Å². The van der Waals surface area contributed by atoms with Gasteiger partial charge in [-0.05, 0) is 43.2 Å². The van der Waals surface area contributed by atoms with Gasteiger partial charge in [0, 0.05) is 11.6 Å². The average molecular weight is 397 g/mol. The third-order valence-electron chi connectivity index (χ3n) is 4.62. The summed E-state index contributed by atoms with van der Waals surface area (Å²) in [5.41, 5.74) is -0.289. The Balaban J connectivity index is 1.79. The van der Waals surface area contributed by atoms with E-state index in [1.807, 2.05) is 6.92 Å². The van der Waals surface area contributed by atoms with Crippen LogP contribution < -0.4 is 14.8 Å². The van der Waals surface area contributed by atoms with Gasteiger partial charge >= 0.3 is 6.03 Å². The summed E-state index contributed by atoms with van der Waals surface area (Å²) < 4.78 is 10.6. The van der Waals surface area contributed by atoms with Gasteiger partial charge in [-0.15, -0.1) is 5.01 Å². The van der Waals surface area contributed by atoms with Gasteiger partial charge in [0.15, 0.2) is 0 Å². The number of phenols is 1. The van der Waals surface area contributed by atoms with E-state index in [0.717, 1.165) is 11.4 Å². The molecule has 152 valence electrons. The second kappa shape index (κ2) is 8.22. The van der Waals surface area contributed by atoms with Crippen molar-refractivity contribution in [3.63, 3.8) is 0 Å². The highest BCUT2D eigenvalue weighted by Crippen LogP contribution is 2.30. The molecule has 3 amide bonds. The van der Waals surface area contributed by atoms with Crippen LogP contribution in [0.25, 0.3) is 0 Å². The molecule has 0 radical (unpaired) electrons. The van der Waals surface area contributed by atoms with Crippen LogP contribution >= 0.6 is 0 Å². The molecular weight excluding hydrogens is 374 g/mol. The number of aromatic hydroxyl groups is 1. The molecule has 29 heavy (non-hydrogen) atoms. The zero-order valence-electron chi connectivity index (χ0n) is 16.5. The maximum Gasteiger partial charge on any atom is 0.346 e. The summed E-state index contributed by atoms with van der Waals surface area (Å²) in [6.07, 6.45) is 2.11. The second-order valence-corrected chi connectivity index (χ2v) is 6.71. The van der Waals surface area contributed by atoms with Gasteiger partial charge in [0.05, 0.1) is 19.9 Å². The molecule has 0 bridgehead atoms. The highest BCUT2D eigenvalue weighted by Gasteiger charge is 2.49. The lowest BCUT2D eigenvalue weighted by atomic mass is 9.92. The number of amides is 3. The summed E-state index contributed by atoms with van der Waals surface area (Å²) in [5.74, 6) is 0.591. The average Bonchev–Trinajstić information content (AvgIpc) is 2.95. The molecule has 0 aliphatic carbocycles. The van der Waals surface area contributed by atoms with Crippen molar-refractivity contribution in [2.45, 2.75) is 25.8 Å². The van der Waals surface area contributed by atoms with Gasteiger partial charge < -0.3 is 19.9 Å². The third-order valence-corrected chi connectivity index (χ3v) is 4.62. The van der Waals surface area contributed by atoms with Gasteiger partial charge in [-0.3, -0.25) is 4.79 Å². The highest BCUT2D eigenvalue weighted by molar-refractivity contribution is 6.07. The molecule has 1 fully saturated rings. The molecular formula is C21H23N3O5. The highest BCUT2D eigenvalue weighted by atomic mass is 16.5. The first-order chi connectivity index (χ1) is 13.9. The number of rotatable bonds is 7. The number of urea groups is 1. The summed E-state index contributed by atoms with van der Waals surface area (Å²) in [4.78, 5) is 25.2. The number of carbonyl (C=O) groups excluding carboxylic acids is 2. The number of nitrogens with one attached hydrogen (secondary N) is 1. The Morgan fingerprint density at radius 2 is 1.86 bits per heavy atom. The van der Waals surface area contributed by atoms with Crippen molar-refractivity contribution >= 4 is 18.2 Å². The smallest absolute Gasteiger partial charge is 0.346 e. The standard InChI is InChI=1S/C21H23N3O5/c1-4-11-29-17-8-5-14(18(25)12-17)13-22-24-19(26)21(2,23-20(24)27)15-6-9-16(28-3)10-7-15/h5-10,12-13,25H,4,11H2,1-3H3,(H,23,27)/b22-13+/t21-/m1/s1. The van der Waals surface area contributed by atoms with E-state index in [1.165, 1.54) is 12.3 Å². The number of ether oxygens (including phenoxy) is 2. The van der Waals surface area contributed by atoms with Crippen molar-refractivity contribution < 1.29 is 24.2 Å². The molecule has 2 aromatic rings. The fourth-order valence-corrected chi connectivity index (χ4v) is 2.91. The Morgan fingerprint density at radius 3 is 2.48 bits per heavy atom. The van der Waals surface area contributed by atoms with Gasteiger partial charge in [0.1, 0.15) is 22.8 Å². The first-order valence-corrected chi connectivity index (χ1v) is 9.20. The van der Waals surface area contributed by atoms with Crippen molar-refractivity contribution in [3.8, 4) is 17.2 Å². The van der Waals surface area contributed by atoms with E-state index < -0.39 is 17.5 Å². The monoisotopic (exact) mass is 397 g/mol. The largest absolute Gasteiger partial charge is 0.507 e. The Labute approximate surface area is 168 Å². The second-order valence-electron chi connectivity index (χ2n) is 6.71. The van der Waals surface area contributed by atoms with E-state index >= 15 is 0 Å². The third kappa shape index (κ3) is 4.01. The van der Waals surface area contributed by atoms with Crippen LogP contribution in [0, 0.1) is 0 Å². The van der Waals surface area contributed by atoms with Crippen molar-refractivity contribution in [2.24, 2.45) is 5.10 Å². The molecule has 8 nitrogen and oxygen atoms in total. The SMILES string of the molecule is CCCOc1ccc(/C=N/N2C(=O)N[C@](C)(c3ccc(OC)cc3)C2=O)c(O)c1. The summed E-state index contributed by atoms with van der Waals surface area (Å²) in [6, 6.07) is 11.0. The van der Waals surface area contributed by atoms with E-state index in [0.29, 0.717) is 29.2 Å². The Morgan fingerprint density at radius 1 is 1.17 bits per heavy atom. The Hall–Kier alpha value is -3.55. The summed E-state index contributed by atoms with van der Waals surface area (Å²) in [7, 11) is 1.55. The minimum absolute atomic E-state index is 0.0627. The van der Waals surface area contributed by atoms with Crippen LogP contribution in [0.2, 0.25) is 0 Å².